The molecule has 2 aliphatic rings. The summed E-state index contributed by atoms with van der Waals surface area (Å²) in [4.78, 5) is 37.7. The van der Waals surface area contributed by atoms with Gasteiger partial charge in [-0.05, 0) is 63.9 Å². The Bertz CT molecular complexity index is 731. The van der Waals surface area contributed by atoms with Crippen LogP contribution in [0.15, 0.2) is 0 Å². The first-order chi connectivity index (χ1) is 12.8. The summed E-state index contributed by atoms with van der Waals surface area (Å²) in [7, 11) is 0. The minimum absolute atomic E-state index is 0.0467. The molecule has 2 amide bonds. The molecular weight excluding hydrogens is 364 g/mol. The molecular formula is C20H28N2O4S. The molecule has 1 aromatic heterocycles. The number of thiophene rings is 1. The van der Waals surface area contributed by atoms with Crippen molar-refractivity contribution in [1.29, 1.82) is 0 Å². The summed E-state index contributed by atoms with van der Waals surface area (Å²) in [6.07, 6.45) is 5.97. The Hall–Kier alpha value is -1.89. The van der Waals surface area contributed by atoms with Crippen molar-refractivity contribution in [3.05, 3.63) is 16.0 Å². The van der Waals surface area contributed by atoms with Crippen molar-refractivity contribution < 1.29 is 19.1 Å². The summed E-state index contributed by atoms with van der Waals surface area (Å²) in [5.74, 6) is -0.105. The van der Waals surface area contributed by atoms with E-state index in [1.54, 1.807) is 0 Å². The fourth-order valence-electron chi connectivity index (χ4n) is 3.40. The zero-order valence-electron chi connectivity index (χ0n) is 16.2. The lowest BCUT2D eigenvalue weighted by molar-refractivity contribution is -0.125. The van der Waals surface area contributed by atoms with Gasteiger partial charge < -0.3 is 15.4 Å². The van der Waals surface area contributed by atoms with Crippen molar-refractivity contribution in [3.63, 3.8) is 0 Å². The maximum atomic E-state index is 12.6. The zero-order chi connectivity index (χ0) is 19.6. The van der Waals surface area contributed by atoms with Gasteiger partial charge in [-0.3, -0.25) is 9.59 Å². The second kappa shape index (κ2) is 8.42. The first-order valence-corrected chi connectivity index (χ1v) is 10.5. The quantitative estimate of drug-likeness (QED) is 0.725. The number of rotatable bonds is 6. The van der Waals surface area contributed by atoms with Gasteiger partial charge in [0.1, 0.15) is 5.00 Å². The number of anilines is 1. The zero-order valence-corrected chi connectivity index (χ0v) is 17.0. The lowest BCUT2D eigenvalue weighted by Crippen LogP contribution is -2.39. The van der Waals surface area contributed by atoms with Gasteiger partial charge in [-0.25, -0.2) is 4.79 Å². The number of carbonyl (C=O) groups is 3. The Morgan fingerprint density at radius 2 is 1.74 bits per heavy atom. The Kier molecular flexibility index (Phi) is 6.19. The topological polar surface area (TPSA) is 84.5 Å². The summed E-state index contributed by atoms with van der Waals surface area (Å²) in [5, 5.41) is 6.33. The molecule has 2 saturated carbocycles. The molecule has 6 nitrogen and oxygen atoms in total. The number of hydrogen-bond acceptors (Lipinski definition) is 5. The van der Waals surface area contributed by atoms with E-state index in [-0.39, 0.29) is 30.4 Å². The fourth-order valence-corrected chi connectivity index (χ4v) is 4.45. The largest absolute Gasteiger partial charge is 0.452 e. The third-order valence-electron chi connectivity index (χ3n) is 5.49. The lowest BCUT2D eigenvalue weighted by atomic mass is 9.87. The minimum atomic E-state index is -0.560. The van der Waals surface area contributed by atoms with Gasteiger partial charge in [0.15, 0.2) is 6.61 Å². The maximum Gasteiger partial charge on any atom is 0.341 e. The molecule has 0 aliphatic heterocycles. The molecule has 1 heterocycles. The van der Waals surface area contributed by atoms with Gasteiger partial charge in [0.2, 0.25) is 5.91 Å². The van der Waals surface area contributed by atoms with Crippen molar-refractivity contribution in [1.82, 2.24) is 5.32 Å². The molecule has 0 saturated heterocycles. The molecule has 148 valence electrons. The van der Waals surface area contributed by atoms with Gasteiger partial charge in [0.05, 0.1) is 5.56 Å². The lowest BCUT2D eigenvalue weighted by Gasteiger charge is -2.26. The number of amides is 2. The van der Waals surface area contributed by atoms with Crippen LogP contribution in [0, 0.1) is 25.7 Å². The Balaban J connectivity index is 1.55. The van der Waals surface area contributed by atoms with Gasteiger partial charge in [-0.1, -0.05) is 6.92 Å². The first kappa shape index (κ1) is 19.9. The predicted molar refractivity (Wildman–Crippen MR) is 105 cm³/mol. The smallest absolute Gasteiger partial charge is 0.341 e. The molecule has 3 rings (SSSR count). The van der Waals surface area contributed by atoms with Crippen LogP contribution in [0.5, 0.6) is 0 Å². The van der Waals surface area contributed by atoms with Crippen LogP contribution >= 0.6 is 11.3 Å². The maximum absolute atomic E-state index is 12.6. The molecule has 0 aromatic carbocycles. The Morgan fingerprint density at radius 1 is 1.07 bits per heavy atom. The van der Waals surface area contributed by atoms with Gasteiger partial charge in [0.25, 0.3) is 5.91 Å². The molecule has 27 heavy (non-hydrogen) atoms. The molecule has 2 aliphatic carbocycles. The molecule has 7 heteroatoms. The number of ether oxygens (including phenoxy) is 1. The molecule has 0 bridgehead atoms. The van der Waals surface area contributed by atoms with Gasteiger partial charge >= 0.3 is 5.97 Å². The van der Waals surface area contributed by atoms with Crippen LogP contribution in [0.25, 0.3) is 0 Å². The third-order valence-corrected chi connectivity index (χ3v) is 6.61. The highest BCUT2D eigenvalue weighted by atomic mass is 32.1. The van der Waals surface area contributed by atoms with Gasteiger partial charge in [-0.2, -0.15) is 0 Å². The van der Waals surface area contributed by atoms with Crippen molar-refractivity contribution in [3.8, 4) is 0 Å². The van der Waals surface area contributed by atoms with Crippen LogP contribution in [-0.2, 0) is 14.3 Å². The van der Waals surface area contributed by atoms with Crippen LogP contribution in [0.3, 0.4) is 0 Å². The number of esters is 1. The standard InChI is InChI=1S/C20H28N2O4S/c1-11-4-8-15(9-5-11)21-16(23)10-26-20(25)17-12(2)13(3)27-19(17)22-18(24)14-6-7-14/h11,14-15H,4-10H2,1-3H3,(H,21,23)(H,22,24). The molecule has 0 spiro atoms. The van der Waals surface area contributed by atoms with Gasteiger partial charge in [0, 0.05) is 16.8 Å². The normalized spacial score (nSPS) is 22.2. The second-order valence-electron chi connectivity index (χ2n) is 7.85. The third kappa shape index (κ3) is 5.09. The first-order valence-electron chi connectivity index (χ1n) is 9.72. The van der Waals surface area contributed by atoms with Crippen LogP contribution in [0.2, 0.25) is 0 Å². The highest BCUT2D eigenvalue weighted by Crippen LogP contribution is 2.36. The highest BCUT2D eigenvalue weighted by molar-refractivity contribution is 7.16. The van der Waals surface area contributed by atoms with E-state index in [9.17, 15) is 14.4 Å². The Labute approximate surface area is 164 Å². The fraction of sp³-hybridized carbons (Fsp3) is 0.650. The van der Waals surface area contributed by atoms with Crippen LogP contribution < -0.4 is 10.6 Å². The van der Waals surface area contributed by atoms with E-state index in [4.69, 9.17) is 4.74 Å². The Morgan fingerprint density at radius 3 is 2.37 bits per heavy atom. The van der Waals surface area contributed by atoms with E-state index in [2.05, 4.69) is 17.6 Å². The average molecular weight is 393 g/mol. The summed E-state index contributed by atoms with van der Waals surface area (Å²) in [6, 6.07) is 0.172. The second-order valence-corrected chi connectivity index (χ2v) is 9.08. The molecule has 0 unspecified atom stereocenters. The van der Waals surface area contributed by atoms with E-state index >= 15 is 0 Å². The molecule has 0 radical (unpaired) electrons. The molecule has 1 aromatic rings. The van der Waals surface area contributed by atoms with Crippen LogP contribution in [0.1, 0.15) is 66.2 Å². The summed E-state index contributed by atoms with van der Waals surface area (Å²) < 4.78 is 5.25. The van der Waals surface area contributed by atoms with E-state index in [1.165, 1.54) is 11.3 Å². The van der Waals surface area contributed by atoms with E-state index < -0.39 is 5.97 Å². The molecule has 2 N–H and O–H groups in total. The monoisotopic (exact) mass is 392 g/mol. The average Bonchev–Trinajstić information content (AvgIpc) is 3.43. The van der Waals surface area contributed by atoms with Crippen molar-refractivity contribution >= 4 is 34.1 Å². The van der Waals surface area contributed by atoms with Crippen LogP contribution in [0.4, 0.5) is 5.00 Å². The van der Waals surface area contributed by atoms with E-state index in [0.29, 0.717) is 16.5 Å². The van der Waals surface area contributed by atoms with E-state index in [1.807, 2.05) is 13.8 Å². The number of carbonyl (C=O) groups excluding carboxylic acids is 3. The van der Waals surface area contributed by atoms with Crippen molar-refractivity contribution in [2.75, 3.05) is 11.9 Å². The summed E-state index contributed by atoms with van der Waals surface area (Å²) in [5.41, 5.74) is 1.16. The van der Waals surface area contributed by atoms with E-state index in [0.717, 1.165) is 49.0 Å². The summed E-state index contributed by atoms with van der Waals surface area (Å²) in [6.45, 7) is 5.67. The summed E-state index contributed by atoms with van der Waals surface area (Å²) >= 11 is 1.37. The molecule has 2 fully saturated rings. The molecule has 0 atom stereocenters. The van der Waals surface area contributed by atoms with Crippen molar-refractivity contribution in [2.45, 2.75) is 65.3 Å². The van der Waals surface area contributed by atoms with Gasteiger partial charge in [-0.15, -0.1) is 11.3 Å². The van der Waals surface area contributed by atoms with Crippen molar-refractivity contribution in [2.24, 2.45) is 11.8 Å². The van der Waals surface area contributed by atoms with Crippen LogP contribution in [-0.4, -0.2) is 30.4 Å². The number of hydrogen-bond donors (Lipinski definition) is 2. The highest BCUT2D eigenvalue weighted by Gasteiger charge is 2.32. The number of nitrogens with one attached hydrogen (secondary N) is 2. The SMILES string of the molecule is Cc1sc(NC(=O)C2CC2)c(C(=O)OCC(=O)NC2CCC(C)CC2)c1C. The number of aryl methyl sites for hydroxylation is 1. The predicted octanol–water partition coefficient (Wildman–Crippen LogP) is 3.57. The minimum Gasteiger partial charge on any atom is -0.452 e.